The lowest BCUT2D eigenvalue weighted by Crippen LogP contribution is -2.48. The summed E-state index contributed by atoms with van der Waals surface area (Å²) in [6, 6.07) is 5.95. The summed E-state index contributed by atoms with van der Waals surface area (Å²) in [6.07, 6.45) is 3.69. The summed E-state index contributed by atoms with van der Waals surface area (Å²) in [5.74, 6) is 0.137. The average Bonchev–Trinajstić information content (AvgIpc) is 2.95. The maximum Gasteiger partial charge on any atom is 0.254 e. The Balaban J connectivity index is 1.54. The molecule has 1 aliphatic heterocycles. The monoisotopic (exact) mass is 365 g/mol. The Morgan fingerprint density at radius 2 is 2.14 bits per heavy atom. The van der Waals surface area contributed by atoms with E-state index in [4.69, 9.17) is 0 Å². The largest absolute Gasteiger partial charge is 0.336 e. The van der Waals surface area contributed by atoms with Gasteiger partial charge in [-0.25, -0.2) is 0 Å². The lowest BCUT2D eigenvalue weighted by Gasteiger charge is -2.34. The Labute approximate surface area is 136 Å². The van der Waals surface area contributed by atoms with Crippen LogP contribution in [0.3, 0.4) is 0 Å². The second-order valence-electron chi connectivity index (χ2n) is 5.07. The van der Waals surface area contributed by atoms with Gasteiger partial charge in [0.15, 0.2) is 0 Å². The molecule has 0 aromatic carbocycles. The fourth-order valence-electron chi connectivity index (χ4n) is 2.46. The van der Waals surface area contributed by atoms with E-state index in [9.17, 15) is 4.79 Å². The third-order valence-corrected chi connectivity index (χ3v) is 5.11. The molecule has 21 heavy (non-hydrogen) atoms. The molecule has 6 heteroatoms. The van der Waals surface area contributed by atoms with Crippen LogP contribution in [0.1, 0.15) is 15.9 Å². The number of hydrogen-bond acceptors (Lipinski definition) is 4. The lowest BCUT2D eigenvalue weighted by atomic mass is 10.2. The smallest absolute Gasteiger partial charge is 0.254 e. The van der Waals surface area contributed by atoms with E-state index >= 15 is 0 Å². The normalized spacial score (nSPS) is 16.1. The van der Waals surface area contributed by atoms with Crippen LogP contribution in [-0.2, 0) is 6.54 Å². The minimum Gasteiger partial charge on any atom is -0.336 e. The number of piperazine rings is 1. The molecule has 3 heterocycles. The number of pyridine rings is 1. The molecule has 4 nitrogen and oxygen atoms in total. The second-order valence-corrected chi connectivity index (χ2v) is 7.36. The standard InChI is InChI=1S/C15H16BrN3OS/c16-14-8-13(11-21-14)15(20)19-6-4-18(5-7-19)10-12-2-1-3-17-9-12/h1-3,8-9,11H,4-7,10H2. The van der Waals surface area contributed by atoms with E-state index in [1.807, 2.05) is 28.6 Å². The van der Waals surface area contributed by atoms with Gasteiger partial charge >= 0.3 is 0 Å². The first-order chi connectivity index (χ1) is 10.2. The fraction of sp³-hybridized carbons (Fsp3) is 0.333. The van der Waals surface area contributed by atoms with Crippen molar-refractivity contribution in [1.29, 1.82) is 0 Å². The number of nitrogens with zero attached hydrogens (tertiary/aromatic N) is 3. The first-order valence-corrected chi connectivity index (χ1v) is 8.54. The Bertz CT molecular complexity index is 608. The Morgan fingerprint density at radius 3 is 2.76 bits per heavy atom. The van der Waals surface area contributed by atoms with Crippen molar-refractivity contribution in [3.63, 3.8) is 0 Å². The zero-order valence-electron chi connectivity index (χ0n) is 11.5. The highest BCUT2D eigenvalue weighted by atomic mass is 79.9. The molecular formula is C15H16BrN3OS. The van der Waals surface area contributed by atoms with Crippen LogP contribution >= 0.6 is 27.3 Å². The molecule has 0 bridgehead atoms. The van der Waals surface area contributed by atoms with E-state index < -0.39 is 0 Å². The minimum absolute atomic E-state index is 0.137. The van der Waals surface area contributed by atoms with Crippen LogP contribution in [-0.4, -0.2) is 46.9 Å². The van der Waals surface area contributed by atoms with Crippen molar-refractivity contribution in [3.05, 3.63) is 50.9 Å². The average molecular weight is 366 g/mol. The maximum atomic E-state index is 12.4. The van der Waals surface area contributed by atoms with Crippen LogP contribution in [0.5, 0.6) is 0 Å². The zero-order valence-corrected chi connectivity index (χ0v) is 13.9. The lowest BCUT2D eigenvalue weighted by molar-refractivity contribution is 0.0629. The molecule has 0 N–H and O–H groups in total. The van der Waals surface area contributed by atoms with Gasteiger partial charge in [0.05, 0.1) is 9.35 Å². The molecule has 1 fully saturated rings. The summed E-state index contributed by atoms with van der Waals surface area (Å²) in [4.78, 5) is 20.8. The summed E-state index contributed by atoms with van der Waals surface area (Å²) >= 11 is 4.96. The van der Waals surface area contributed by atoms with Crippen molar-refractivity contribution in [2.24, 2.45) is 0 Å². The Kier molecular flexibility index (Phi) is 4.67. The number of aromatic nitrogens is 1. The summed E-state index contributed by atoms with van der Waals surface area (Å²) in [7, 11) is 0. The van der Waals surface area contributed by atoms with Gasteiger partial charge in [-0.15, -0.1) is 11.3 Å². The van der Waals surface area contributed by atoms with Gasteiger partial charge < -0.3 is 4.90 Å². The Hall–Kier alpha value is -1.24. The number of rotatable bonds is 3. The zero-order chi connectivity index (χ0) is 14.7. The van der Waals surface area contributed by atoms with Crippen molar-refractivity contribution in [3.8, 4) is 0 Å². The molecule has 3 rings (SSSR count). The molecule has 2 aromatic rings. The number of hydrogen-bond donors (Lipinski definition) is 0. The SMILES string of the molecule is O=C(c1csc(Br)c1)N1CCN(Cc2cccnc2)CC1. The number of thiophene rings is 1. The summed E-state index contributed by atoms with van der Waals surface area (Å²) in [5.41, 5.74) is 2.01. The van der Waals surface area contributed by atoms with Crippen LogP contribution in [0.2, 0.25) is 0 Å². The molecule has 0 unspecified atom stereocenters. The fourth-order valence-corrected chi connectivity index (χ4v) is 3.59. The van der Waals surface area contributed by atoms with Gasteiger partial charge in [0.2, 0.25) is 0 Å². The number of carbonyl (C=O) groups is 1. The number of carbonyl (C=O) groups excluding carboxylic acids is 1. The summed E-state index contributed by atoms with van der Waals surface area (Å²) in [5, 5.41) is 1.91. The molecule has 0 aliphatic carbocycles. The van der Waals surface area contributed by atoms with E-state index in [1.165, 1.54) is 5.56 Å². The van der Waals surface area contributed by atoms with Crippen molar-refractivity contribution < 1.29 is 4.79 Å². The number of halogens is 1. The third kappa shape index (κ3) is 3.70. The quantitative estimate of drug-likeness (QED) is 0.838. The van der Waals surface area contributed by atoms with Crippen molar-refractivity contribution in [1.82, 2.24) is 14.8 Å². The van der Waals surface area contributed by atoms with Gasteiger partial charge in [-0.05, 0) is 33.6 Å². The van der Waals surface area contributed by atoms with E-state index in [-0.39, 0.29) is 5.91 Å². The molecule has 1 aliphatic rings. The highest BCUT2D eigenvalue weighted by Crippen LogP contribution is 2.22. The molecule has 0 spiro atoms. The van der Waals surface area contributed by atoms with Crippen LogP contribution in [0.15, 0.2) is 39.8 Å². The second kappa shape index (κ2) is 6.68. The molecule has 0 saturated carbocycles. The molecule has 1 saturated heterocycles. The maximum absolute atomic E-state index is 12.4. The van der Waals surface area contributed by atoms with Gasteiger partial charge in [0, 0.05) is 50.5 Å². The van der Waals surface area contributed by atoms with Crippen LogP contribution < -0.4 is 0 Å². The molecule has 1 amide bonds. The van der Waals surface area contributed by atoms with Gasteiger partial charge in [-0.2, -0.15) is 0 Å². The van der Waals surface area contributed by atoms with E-state index in [0.717, 1.165) is 42.1 Å². The van der Waals surface area contributed by atoms with Crippen LogP contribution in [0.25, 0.3) is 0 Å². The highest BCUT2D eigenvalue weighted by Gasteiger charge is 2.22. The first-order valence-electron chi connectivity index (χ1n) is 6.87. The molecule has 2 aromatic heterocycles. The molecule has 0 radical (unpaired) electrons. The van der Waals surface area contributed by atoms with Gasteiger partial charge in [-0.1, -0.05) is 6.07 Å². The van der Waals surface area contributed by atoms with E-state index in [1.54, 1.807) is 17.5 Å². The third-order valence-electron chi connectivity index (χ3n) is 3.60. The van der Waals surface area contributed by atoms with Gasteiger partial charge in [0.1, 0.15) is 0 Å². The molecular weight excluding hydrogens is 350 g/mol. The predicted octanol–water partition coefficient (Wildman–Crippen LogP) is 2.86. The van der Waals surface area contributed by atoms with Crippen LogP contribution in [0.4, 0.5) is 0 Å². The number of amides is 1. The Morgan fingerprint density at radius 1 is 1.33 bits per heavy atom. The summed E-state index contributed by atoms with van der Waals surface area (Å²) in [6.45, 7) is 4.29. The van der Waals surface area contributed by atoms with E-state index in [2.05, 4.69) is 31.9 Å². The minimum atomic E-state index is 0.137. The van der Waals surface area contributed by atoms with E-state index in [0.29, 0.717) is 0 Å². The highest BCUT2D eigenvalue weighted by molar-refractivity contribution is 9.11. The molecule has 0 atom stereocenters. The van der Waals surface area contributed by atoms with Crippen LogP contribution in [0, 0.1) is 0 Å². The van der Waals surface area contributed by atoms with Crippen molar-refractivity contribution in [2.75, 3.05) is 26.2 Å². The summed E-state index contributed by atoms with van der Waals surface area (Å²) < 4.78 is 1.00. The topological polar surface area (TPSA) is 36.4 Å². The predicted molar refractivity (Wildman–Crippen MR) is 87.4 cm³/mol. The molecule has 110 valence electrons. The van der Waals surface area contributed by atoms with Gasteiger partial charge in [0.25, 0.3) is 5.91 Å². The van der Waals surface area contributed by atoms with Crippen molar-refractivity contribution >= 4 is 33.2 Å². The first kappa shape index (κ1) is 14.7. The van der Waals surface area contributed by atoms with Crippen molar-refractivity contribution in [2.45, 2.75) is 6.54 Å². The van der Waals surface area contributed by atoms with Gasteiger partial charge in [-0.3, -0.25) is 14.7 Å².